The third kappa shape index (κ3) is 5.21. The van der Waals surface area contributed by atoms with E-state index < -0.39 is 0 Å². The summed E-state index contributed by atoms with van der Waals surface area (Å²) >= 11 is 0. The van der Waals surface area contributed by atoms with Crippen LogP contribution < -0.4 is 5.32 Å². The van der Waals surface area contributed by atoms with Gasteiger partial charge < -0.3 is 15.1 Å². The highest BCUT2D eigenvalue weighted by atomic mass is 16.2. The highest BCUT2D eigenvalue weighted by Crippen LogP contribution is 2.19. The zero-order valence-corrected chi connectivity index (χ0v) is 15.9. The predicted octanol–water partition coefficient (Wildman–Crippen LogP) is 3.08. The van der Waals surface area contributed by atoms with Crippen molar-refractivity contribution in [3.05, 3.63) is 35.9 Å². The zero-order chi connectivity index (χ0) is 18.4. The fourth-order valence-electron chi connectivity index (χ4n) is 3.13. The minimum atomic E-state index is -0.367. The smallest absolute Gasteiger partial charge is 0.317 e. The molecule has 1 aromatic rings. The summed E-state index contributed by atoms with van der Waals surface area (Å²) in [7, 11) is 0. The summed E-state index contributed by atoms with van der Waals surface area (Å²) in [5, 5.41) is 3.06. The highest BCUT2D eigenvalue weighted by molar-refractivity contribution is 5.82. The molecule has 0 bridgehead atoms. The molecule has 0 aromatic heterocycles. The molecule has 1 saturated heterocycles. The second-order valence-electron chi connectivity index (χ2n) is 7.73. The van der Waals surface area contributed by atoms with E-state index in [1.807, 2.05) is 48.8 Å². The van der Waals surface area contributed by atoms with Gasteiger partial charge in [-0.25, -0.2) is 4.79 Å². The molecule has 0 spiro atoms. The van der Waals surface area contributed by atoms with Crippen molar-refractivity contribution in [2.75, 3.05) is 32.7 Å². The lowest BCUT2D eigenvalue weighted by molar-refractivity contribution is -0.140. The van der Waals surface area contributed by atoms with Gasteiger partial charge in [0.2, 0.25) is 5.91 Å². The van der Waals surface area contributed by atoms with Gasteiger partial charge in [-0.05, 0) is 12.0 Å². The lowest BCUT2D eigenvalue weighted by Crippen LogP contribution is -2.55. The molecule has 5 nitrogen and oxygen atoms in total. The van der Waals surface area contributed by atoms with Crippen LogP contribution in [-0.2, 0) is 4.79 Å². The van der Waals surface area contributed by atoms with E-state index >= 15 is 0 Å². The Hall–Kier alpha value is -2.04. The first-order chi connectivity index (χ1) is 11.8. The fourth-order valence-corrected chi connectivity index (χ4v) is 3.13. The second kappa shape index (κ2) is 8.37. The van der Waals surface area contributed by atoms with Crippen molar-refractivity contribution in [3.63, 3.8) is 0 Å². The molecule has 5 heteroatoms. The molecule has 1 aromatic carbocycles. The number of rotatable bonds is 4. The third-order valence-electron chi connectivity index (χ3n) is 4.76. The van der Waals surface area contributed by atoms with Gasteiger partial charge in [0.25, 0.3) is 0 Å². The Labute approximate surface area is 151 Å². The van der Waals surface area contributed by atoms with Crippen LogP contribution >= 0.6 is 0 Å². The van der Waals surface area contributed by atoms with Crippen LogP contribution in [0.1, 0.15) is 45.6 Å². The molecule has 0 saturated carbocycles. The standard InChI is InChI=1S/C20H31N3O2/c1-5-16(17-9-7-6-8-10-17)15-21-19(25)23-13-11-22(12-14-23)18(24)20(2,3)4/h6-10,16H,5,11-15H2,1-4H3,(H,21,25). The number of carbonyl (C=O) groups excluding carboxylic acids is 2. The van der Waals surface area contributed by atoms with Crippen molar-refractivity contribution < 1.29 is 9.59 Å². The summed E-state index contributed by atoms with van der Waals surface area (Å²) in [5.41, 5.74) is 0.889. The first-order valence-electron chi connectivity index (χ1n) is 9.20. The van der Waals surface area contributed by atoms with Crippen molar-refractivity contribution >= 4 is 11.9 Å². The fraction of sp³-hybridized carbons (Fsp3) is 0.600. The Morgan fingerprint density at radius 1 is 1.04 bits per heavy atom. The van der Waals surface area contributed by atoms with E-state index in [1.165, 1.54) is 5.56 Å². The monoisotopic (exact) mass is 345 g/mol. The van der Waals surface area contributed by atoms with Gasteiger partial charge in [0.05, 0.1) is 0 Å². The number of amides is 3. The first-order valence-corrected chi connectivity index (χ1v) is 9.20. The molecular weight excluding hydrogens is 314 g/mol. The lowest BCUT2D eigenvalue weighted by Gasteiger charge is -2.37. The van der Waals surface area contributed by atoms with Crippen molar-refractivity contribution in [3.8, 4) is 0 Å². The van der Waals surface area contributed by atoms with Crippen molar-refractivity contribution in [2.24, 2.45) is 5.41 Å². The quantitative estimate of drug-likeness (QED) is 0.912. The van der Waals surface area contributed by atoms with Crippen LogP contribution in [0.3, 0.4) is 0 Å². The molecule has 3 amide bonds. The van der Waals surface area contributed by atoms with Crippen LogP contribution in [0.2, 0.25) is 0 Å². The van der Waals surface area contributed by atoms with Crippen LogP contribution in [0.5, 0.6) is 0 Å². The molecule has 0 aliphatic carbocycles. The molecule has 1 fully saturated rings. The summed E-state index contributed by atoms with van der Waals surface area (Å²) < 4.78 is 0. The Bertz CT molecular complexity index is 572. The lowest BCUT2D eigenvalue weighted by atomic mass is 9.94. The topological polar surface area (TPSA) is 52.7 Å². The van der Waals surface area contributed by atoms with Crippen LogP contribution in [0.4, 0.5) is 4.79 Å². The number of urea groups is 1. The van der Waals surface area contributed by atoms with E-state index in [-0.39, 0.29) is 17.4 Å². The summed E-state index contributed by atoms with van der Waals surface area (Å²) in [6, 6.07) is 10.3. The van der Waals surface area contributed by atoms with Gasteiger partial charge in [0.15, 0.2) is 0 Å². The van der Waals surface area contributed by atoms with E-state index in [0.29, 0.717) is 38.6 Å². The van der Waals surface area contributed by atoms with Gasteiger partial charge in [0, 0.05) is 44.1 Å². The maximum absolute atomic E-state index is 12.4. The molecule has 138 valence electrons. The molecule has 1 N–H and O–H groups in total. The molecular formula is C20H31N3O2. The van der Waals surface area contributed by atoms with E-state index in [0.717, 1.165) is 6.42 Å². The van der Waals surface area contributed by atoms with Gasteiger partial charge in [-0.2, -0.15) is 0 Å². The molecule has 2 rings (SSSR count). The average molecular weight is 345 g/mol. The first kappa shape index (κ1) is 19.3. The van der Waals surface area contributed by atoms with Gasteiger partial charge in [-0.1, -0.05) is 58.0 Å². The van der Waals surface area contributed by atoms with Gasteiger partial charge in [0.1, 0.15) is 0 Å². The van der Waals surface area contributed by atoms with Crippen LogP contribution in [0, 0.1) is 5.41 Å². The van der Waals surface area contributed by atoms with Gasteiger partial charge in [-0.15, -0.1) is 0 Å². The van der Waals surface area contributed by atoms with Gasteiger partial charge >= 0.3 is 6.03 Å². The van der Waals surface area contributed by atoms with E-state index in [4.69, 9.17) is 0 Å². The Morgan fingerprint density at radius 2 is 1.60 bits per heavy atom. The third-order valence-corrected chi connectivity index (χ3v) is 4.76. The zero-order valence-electron chi connectivity index (χ0n) is 15.9. The molecule has 25 heavy (non-hydrogen) atoms. The van der Waals surface area contributed by atoms with E-state index in [1.54, 1.807) is 0 Å². The summed E-state index contributed by atoms with van der Waals surface area (Å²) in [4.78, 5) is 28.4. The van der Waals surface area contributed by atoms with Crippen molar-refractivity contribution in [1.82, 2.24) is 15.1 Å². The molecule has 1 atom stereocenters. The molecule has 1 unspecified atom stereocenters. The van der Waals surface area contributed by atoms with Crippen LogP contribution in [-0.4, -0.2) is 54.5 Å². The summed E-state index contributed by atoms with van der Waals surface area (Å²) in [6.07, 6.45) is 0.984. The minimum absolute atomic E-state index is 0.0303. The largest absolute Gasteiger partial charge is 0.339 e. The molecule has 1 aliphatic heterocycles. The maximum Gasteiger partial charge on any atom is 0.317 e. The predicted molar refractivity (Wildman–Crippen MR) is 100 cm³/mol. The van der Waals surface area contributed by atoms with E-state index in [9.17, 15) is 9.59 Å². The average Bonchev–Trinajstić information content (AvgIpc) is 2.61. The van der Waals surface area contributed by atoms with Crippen LogP contribution in [0.15, 0.2) is 30.3 Å². The number of carbonyl (C=O) groups is 2. The number of hydrogen-bond donors (Lipinski definition) is 1. The number of nitrogens with one attached hydrogen (secondary N) is 1. The van der Waals surface area contributed by atoms with E-state index in [2.05, 4.69) is 24.4 Å². The Kier molecular flexibility index (Phi) is 6.45. The minimum Gasteiger partial charge on any atom is -0.339 e. The van der Waals surface area contributed by atoms with Crippen LogP contribution in [0.25, 0.3) is 0 Å². The Balaban J connectivity index is 1.82. The number of hydrogen-bond acceptors (Lipinski definition) is 2. The summed E-state index contributed by atoms with van der Waals surface area (Å²) in [5.74, 6) is 0.483. The normalized spacial score (nSPS) is 16.5. The van der Waals surface area contributed by atoms with Crippen molar-refractivity contribution in [2.45, 2.75) is 40.0 Å². The molecule has 0 radical (unpaired) electrons. The number of piperazine rings is 1. The molecule has 1 aliphatic rings. The SMILES string of the molecule is CCC(CNC(=O)N1CCN(C(=O)C(C)(C)C)CC1)c1ccccc1. The second-order valence-corrected chi connectivity index (χ2v) is 7.73. The summed E-state index contributed by atoms with van der Waals surface area (Å²) in [6.45, 7) is 11.0. The van der Waals surface area contributed by atoms with Crippen molar-refractivity contribution in [1.29, 1.82) is 0 Å². The number of benzene rings is 1. The van der Waals surface area contributed by atoms with Gasteiger partial charge in [-0.3, -0.25) is 4.79 Å². The number of nitrogens with zero attached hydrogens (tertiary/aromatic N) is 2. The maximum atomic E-state index is 12.4. The molecule has 1 heterocycles. The highest BCUT2D eigenvalue weighted by Gasteiger charge is 2.30. The Morgan fingerprint density at radius 3 is 2.12 bits per heavy atom.